The fourth-order valence-electron chi connectivity index (χ4n) is 1.74. The van der Waals surface area contributed by atoms with Gasteiger partial charge < -0.3 is 9.84 Å². The molecule has 0 radical (unpaired) electrons. The minimum absolute atomic E-state index is 0.121. The van der Waals surface area contributed by atoms with Crippen LogP contribution in [0.5, 0.6) is 0 Å². The molecule has 0 aliphatic heterocycles. The Hall–Kier alpha value is -1.79. The molecule has 0 heterocycles. The Labute approximate surface area is 124 Å². The van der Waals surface area contributed by atoms with E-state index in [1.807, 2.05) is 48.5 Å². The van der Waals surface area contributed by atoms with Gasteiger partial charge in [0.15, 0.2) is 0 Å². The zero-order valence-corrected chi connectivity index (χ0v) is 11.7. The highest BCUT2D eigenvalue weighted by Gasteiger charge is 1.97. The minimum atomic E-state index is -0.121. The summed E-state index contributed by atoms with van der Waals surface area (Å²) in [5.41, 5.74) is 3.03. The van der Waals surface area contributed by atoms with E-state index in [9.17, 15) is 0 Å². The summed E-state index contributed by atoms with van der Waals surface area (Å²) in [5.74, 6) is 5.47. The zero-order valence-electron chi connectivity index (χ0n) is 11.0. The number of aliphatic hydroxyl groups excluding tert-OH is 1. The van der Waals surface area contributed by atoms with E-state index in [-0.39, 0.29) is 6.61 Å². The van der Waals surface area contributed by atoms with Crippen molar-refractivity contribution < 1.29 is 9.84 Å². The zero-order chi connectivity index (χ0) is 14.2. The average molecular weight is 287 g/mol. The fraction of sp³-hybridized carbons (Fsp3) is 0.176. The van der Waals surface area contributed by atoms with E-state index in [4.69, 9.17) is 21.4 Å². The lowest BCUT2D eigenvalue weighted by Gasteiger charge is -2.05. The SMILES string of the molecule is OCC#Cc1ccc(COCc2cccc(Cl)c2)cc1. The second-order valence-corrected chi connectivity index (χ2v) is 4.72. The molecule has 0 amide bonds. The maximum absolute atomic E-state index is 8.62. The van der Waals surface area contributed by atoms with Crippen molar-refractivity contribution >= 4 is 11.6 Å². The number of ether oxygens (including phenoxy) is 1. The predicted molar refractivity (Wildman–Crippen MR) is 80.4 cm³/mol. The van der Waals surface area contributed by atoms with Crippen molar-refractivity contribution in [3.05, 3.63) is 70.2 Å². The van der Waals surface area contributed by atoms with Crippen LogP contribution in [-0.4, -0.2) is 11.7 Å². The van der Waals surface area contributed by atoms with E-state index >= 15 is 0 Å². The van der Waals surface area contributed by atoms with Crippen LogP contribution in [0.25, 0.3) is 0 Å². The Kier molecular flexibility index (Phi) is 5.64. The molecule has 0 atom stereocenters. The van der Waals surface area contributed by atoms with Gasteiger partial charge >= 0.3 is 0 Å². The molecular weight excluding hydrogens is 272 g/mol. The fourth-order valence-corrected chi connectivity index (χ4v) is 1.95. The molecule has 0 bridgehead atoms. The number of rotatable bonds is 4. The molecule has 0 spiro atoms. The minimum Gasteiger partial charge on any atom is -0.384 e. The second-order valence-electron chi connectivity index (χ2n) is 4.28. The van der Waals surface area contributed by atoms with Gasteiger partial charge in [0.2, 0.25) is 0 Å². The van der Waals surface area contributed by atoms with Crippen LogP contribution in [0.2, 0.25) is 5.02 Å². The topological polar surface area (TPSA) is 29.5 Å². The standard InChI is InChI=1S/C17H15ClO2/c18-17-5-1-3-16(11-17)13-20-12-15-8-6-14(7-9-15)4-2-10-19/h1,3,5-9,11,19H,10,12-13H2. The van der Waals surface area contributed by atoms with Crippen LogP contribution in [0.3, 0.4) is 0 Å². The maximum atomic E-state index is 8.62. The molecule has 0 aromatic heterocycles. The van der Waals surface area contributed by atoms with Crippen LogP contribution in [-0.2, 0) is 18.0 Å². The van der Waals surface area contributed by atoms with E-state index in [1.165, 1.54) is 0 Å². The van der Waals surface area contributed by atoms with Crippen LogP contribution in [0.4, 0.5) is 0 Å². The van der Waals surface area contributed by atoms with Crippen LogP contribution < -0.4 is 0 Å². The number of benzene rings is 2. The molecule has 2 aromatic rings. The summed E-state index contributed by atoms with van der Waals surface area (Å²) in [6.45, 7) is 0.956. The van der Waals surface area contributed by atoms with Gasteiger partial charge in [0.25, 0.3) is 0 Å². The predicted octanol–water partition coefficient (Wildman–Crippen LogP) is 3.40. The molecule has 0 aliphatic carbocycles. The normalized spacial score (nSPS) is 9.90. The lowest BCUT2D eigenvalue weighted by Crippen LogP contribution is -1.94. The summed E-state index contributed by atoms with van der Waals surface area (Å²) in [4.78, 5) is 0. The van der Waals surface area contributed by atoms with Gasteiger partial charge in [0.05, 0.1) is 13.2 Å². The van der Waals surface area contributed by atoms with Crippen molar-refractivity contribution in [3.8, 4) is 11.8 Å². The molecule has 0 saturated heterocycles. The highest BCUT2D eigenvalue weighted by Crippen LogP contribution is 2.12. The summed E-state index contributed by atoms with van der Waals surface area (Å²) >= 11 is 5.91. The molecule has 3 heteroatoms. The van der Waals surface area contributed by atoms with Crippen LogP contribution in [0.1, 0.15) is 16.7 Å². The molecule has 1 N–H and O–H groups in total. The summed E-state index contributed by atoms with van der Waals surface area (Å²) in [5, 5.41) is 9.34. The largest absolute Gasteiger partial charge is 0.384 e. The molecule has 0 unspecified atom stereocenters. The average Bonchev–Trinajstić information content (AvgIpc) is 2.46. The van der Waals surface area contributed by atoms with Gasteiger partial charge in [-0.25, -0.2) is 0 Å². The van der Waals surface area contributed by atoms with Crippen molar-refractivity contribution in [3.63, 3.8) is 0 Å². The van der Waals surface area contributed by atoms with Gasteiger partial charge in [-0.2, -0.15) is 0 Å². The Morgan fingerprint density at radius 3 is 2.45 bits per heavy atom. The summed E-state index contributed by atoms with van der Waals surface area (Å²) in [6.07, 6.45) is 0. The molecule has 2 rings (SSSR count). The quantitative estimate of drug-likeness (QED) is 0.873. The first-order valence-electron chi connectivity index (χ1n) is 6.29. The van der Waals surface area contributed by atoms with Crippen molar-refractivity contribution in [2.75, 3.05) is 6.61 Å². The van der Waals surface area contributed by atoms with Crippen LogP contribution in [0.15, 0.2) is 48.5 Å². The number of hydrogen-bond acceptors (Lipinski definition) is 2. The molecule has 20 heavy (non-hydrogen) atoms. The third-order valence-corrected chi connectivity index (χ3v) is 2.93. The number of halogens is 1. The number of aliphatic hydroxyl groups is 1. The van der Waals surface area contributed by atoms with Gasteiger partial charge in [-0.3, -0.25) is 0 Å². The first-order valence-corrected chi connectivity index (χ1v) is 6.66. The molecule has 0 saturated carbocycles. The Morgan fingerprint density at radius 1 is 1.00 bits per heavy atom. The highest BCUT2D eigenvalue weighted by atomic mass is 35.5. The van der Waals surface area contributed by atoms with E-state index in [0.29, 0.717) is 13.2 Å². The van der Waals surface area contributed by atoms with E-state index in [1.54, 1.807) is 0 Å². The van der Waals surface area contributed by atoms with Crippen molar-refractivity contribution in [2.45, 2.75) is 13.2 Å². The van der Waals surface area contributed by atoms with Crippen molar-refractivity contribution in [1.82, 2.24) is 0 Å². The first-order chi connectivity index (χ1) is 9.78. The van der Waals surface area contributed by atoms with E-state index in [0.717, 1.165) is 21.7 Å². The lowest BCUT2D eigenvalue weighted by molar-refractivity contribution is 0.107. The van der Waals surface area contributed by atoms with Gasteiger partial charge in [0.1, 0.15) is 6.61 Å². The lowest BCUT2D eigenvalue weighted by atomic mass is 10.1. The van der Waals surface area contributed by atoms with Gasteiger partial charge in [-0.05, 0) is 35.4 Å². The summed E-state index contributed by atoms with van der Waals surface area (Å²) in [7, 11) is 0. The van der Waals surface area contributed by atoms with Crippen molar-refractivity contribution in [2.24, 2.45) is 0 Å². The smallest absolute Gasteiger partial charge is 0.104 e. The van der Waals surface area contributed by atoms with Crippen LogP contribution >= 0.6 is 11.6 Å². The third kappa shape index (κ3) is 4.71. The van der Waals surface area contributed by atoms with Gasteiger partial charge in [-0.1, -0.05) is 47.7 Å². The molecule has 0 aliphatic rings. The van der Waals surface area contributed by atoms with Crippen LogP contribution in [0, 0.1) is 11.8 Å². The van der Waals surface area contributed by atoms with Gasteiger partial charge in [-0.15, -0.1) is 0 Å². The Morgan fingerprint density at radius 2 is 1.75 bits per heavy atom. The first kappa shape index (κ1) is 14.6. The molecular formula is C17H15ClO2. The van der Waals surface area contributed by atoms with E-state index in [2.05, 4.69) is 11.8 Å². The number of hydrogen-bond donors (Lipinski definition) is 1. The highest BCUT2D eigenvalue weighted by molar-refractivity contribution is 6.30. The third-order valence-electron chi connectivity index (χ3n) is 2.69. The Balaban J connectivity index is 1.85. The van der Waals surface area contributed by atoms with E-state index < -0.39 is 0 Å². The summed E-state index contributed by atoms with van der Waals surface area (Å²) < 4.78 is 5.65. The molecule has 2 aromatic carbocycles. The molecule has 0 fully saturated rings. The Bertz CT molecular complexity index is 609. The second kappa shape index (κ2) is 7.72. The van der Waals surface area contributed by atoms with Gasteiger partial charge in [0, 0.05) is 10.6 Å². The maximum Gasteiger partial charge on any atom is 0.104 e. The molecule has 102 valence electrons. The summed E-state index contributed by atoms with van der Waals surface area (Å²) in [6, 6.07) is 15.4. The monoisotopic (exact) mass is 286 g/mol. The molecule has 2 nitrogen and oxygen atoms in total. The van der Waals surface area contributed by atoms with Crippen molar-refractivity contribution in [1.29, 1.82) is 0 Å².